The van der Waals surface area contributed by atoms with E-state index in [9.17, 15) is 22.0 Å². The standard InChI is InChI=1S/C15H14F2N4O3S/c16-11-5-6-13(12(17)10-11)25(23,24)18-7-3-9-21-15(22)20-8-2-1-4-14(20)19-21/h1-2,4-6,8,10,18H,3,7,9H2. The van der Waals surface area contributed by atoms with Gasteiger partial charge in [-0.15, -0.1) is 5.10 Å². The number of fused-ring (bicyclic) bond motifs is 1. The van der Waals surface area contributed by atoms with Crippen LogP contribution in [0.15, 0.2) is 52.3 Å². The second-order valence-electron chi connectivity index (χ2n) is 5.26. The number of halogens is 2. The molecule has 1 aromatic carbocycles. The van der Waals surface area contributed by atoms with Gasteiger partial charge in [-0.2, -0.15) is 0 Å². The summed E-state index contributed by atoms with van der Waals surface area (Å²) in [5, 5.41) is 4.12. The van der Waals surface area contributed by atoms with Gasteiger partial charge < -0.3 is 0 Å². The summed E-state index contributed by atoms with van der Waals surface area (Å²) >= 11 is 0. The molecular formula is C15H14F2N4O3S. The summed E-state index contributed by atoms with van der Waals surface area (Å²) in [7, 11) is -4.10. The fraction of sp³-hybridized carbons (Fsp3) is 0.200. The fourth-order valence-electron chi connectivity index (χ4n) is 2.32. The molecule has 0 fully saturated rings. The molecular weight excluding hydrogens is 354 g/mol. The van der Waals surface area contributed by atoms with Gasteiger partial charge in [0.15, 0.2) is 5.65 Å². The van der Waals surface area contributed by atoms with Crippen LogP contribution in [0.3, 0.4) is 0 Å². The van der Waals surface area contributed by atoms with E-state index in [0.717, 1.165) is 12.1 Å². The van der Waals surface area contributed by atoms with Gasteiger partial charge in [0.1, 0.15) is 16.5 Å². The van der Waals surface area contributed by atoms with E-state index in [1.807, 2.05) is 0 Å². The van der Waals surface area contributed by atoms with E-state index in [4.69, 9.17) is 0 Å². The molecule has 2 heterocycles. The number of rotatable bonds is 6. The SMILES string of the molecule is O=c1n(CCCNS(=O)(=O)c2ccc(F)cc2F)nc2ccccn12. The highest BCUT2D eigenvalue weighted by Crippen LogP contribution is 2.15. The molecule has 3 aromatic rings. The summed E-state index contributed by atoms with van der Waals surface area (Å²) in [6.07, 6.45) is 1.85. The predicted octanol–water partition coefficient (Wildman–Crippen LogP) is 1.14. The Kier molecular flexibility index (Phi) is 4.64. The molecule has 10 heteroatoms. The van der Waals surface area contributed by atoms with Gasteiger partial charge in [0.2, 0.25) is 10.0 Å². The Bertz CT molecular complexity index is 1080. The maximum absolute atomic E-state index is 13.6. The van der Waals surface area contributed by atoms with Crippen molar-refractivity contribution >= 4 is 15.7 Å². The quantitative estimate of drug-likeness (QED) is 0.662. The zero-order chi connectivity index (χ0) is 18.0. The minimum atomic E-state index is -4.10. The average Bonchev–Trinajstić information content (AvgIpc) is 2.88. The van der Waals surface area contributed by atoms with Crippen LogP contribution < -0.4 is 10.4 Å². The summed E-state index contributed by atoms with van der Waals surface area (Å²) < 4.78 is 55.3. The van der Waals surface area contributed by atoms with Gasteiger partial charge in [0, 0.05) is 25.4 Å². The Morgan fingerprint density at radius 1 is 1.16 bits per heavy atom. The van der Waals surface area contributed by atoms with Gasteiger partial charge in [0.05, 0.1) is 0 Å². The maximum atomic E-state index is 13.6. The van der Waals surface area contributed by atoms with Crippen LogP contribution >= 0.6 is 0 Å². The third-order valence-corrected chi connectivity index (χ3v) is 5.00. The number of pyridine rings is 1. The summed E-state index contributed by atoms with van der Waals surface area (Å²) in [5.74, 6) is -2.02. The van der Waals surface area contributed by atoms with Gasteiger partial charge in [0.25, 0.3) is 0 Å². The lowest BCUT2D eigenvalue weighted by molar-refractivity contribution is 0.530. The van der Waals surface area contributed by atoms with Gasteiger partial charge in [-0.25, -0.2) is 31.4 Å². The molecule has 0 aliphatic rings. The molecule has 0 bridgehead atoms. The number of aryl methyl sites for hydroxylation is 1. The number of hydrogen-bond acceptors (Lipinski definition) is 4. The Morgan fingerprint density at radius 2 is 1.96 bits per heavy atom. The van der Waals surface area contributed by atoms with Gasteiger partial charge in [-0.05, 0) is 30.7 Å². The smallest absolute Gasteiger partial charge is 0.250 e. The molecule has 7 nitrogen and oxygen atoms in total. The van der Waals surface area contributed by atoms with Crippen molar-refractivity contribution < 1.29 is 17.2 Å². The number of sulfonamides is 1. The van der Waals surface area contributed by atoms with Crippen molar-refractivity contribution in [2.24, 2.45) is 0 Å². The third-order valence-electron chi connectivity index (χ3n) is 3.51. The van der Waals surface area contributed by atoms with Crippen LogP contribution in [0.1, 0.15) is 6.42 Å². The van der Waals surface area contributed by atoms with Crippen LogP contribution in [-0.2, 0) is 16.6 Å². The average molecular weight is 368 g/mol. The number of aromatic nitrogens is 3. The summed E-state index contributed by atoms with van der Waals surface area (Å²) in [6.45, 7) is 0.161. The highest BCUT2D eigenvalue weighted by atomic mass is 32.2. The first-order valence-corrected chi connectivity index (χ1v) is 8.86. The third kappa shape index (κ3) is 3.59. The highest BCUT2D eigenvalue weighted by molar-refractivity contribution is 7.89. The second kappa shape index (κ2) is 6.73. The molecule has 0 aliphatic carbocycles. The lowest BCUT2D eigenvalue weighted by atomic mass is 10.3. The molecule has 3 rings (SSSR count). The Morgan fingerprint density at radius 3 is 2.68 bits per heavy atom. The first-order chi connectivity index (χ1) is 11.9. The number of nitrogens with one attached hydrogen (secondary N) is 1. The number of hydrogen-bond donors (Lipinski definition) is 1. The largest absolute Gasteiger partial charge is 0.350 e. The Balaban J connectivity index is 1.64. The van der Waals surface area contributed by atoms with Crippen molar-refractivity contribution in [2.45, 2.75) is 17.9 Å². The predicted molar refractivity (Wildman–Crippen MR) is 85.6 cm³/mol. The van der Waals surface area contributed by atoms with Crippen molar-refractivity contribution in [2.75, 3.05) is 6.54 Å². The first-order valence-electron chi connectivity index (χ1n) is 7.37. The molecule has 0 radical (unpaired) electrons. The van der Waals surface area contributed by atoms with Crippen molar-refractivity contribution in [1.29, 1.82) is 0 Å². The molecule has 1 N–H and O–H groups in total. The molecule has 0 aliphatic heterocycles. The van der Waals surface area contributed by atoms with Crippen LogP contribution in [0, 0.1) is 11.6 Å². The van der Waals surface area contributed by atoms with Gasteiger partial charge in [-0.1, -0.05) is 6.07 Å². The van der Waals surface area contributed by atoms with E-state index in [-0.39, 0.29) is 25.2 Å². The van der Waals surface area contributed by atoms with E-state index in [2.05, 4.69) is 9.82 Å². The summed E-state index contributed by atoms with van der Waals surface area (Å²) in [6, 6.07) is 7.36. The van der Waals surface area contributed by atoms with Crippen LogP contribution in [0.25, 0.3) is 5.65 Å². The molecule has 0 atom stereocenters. The van der Waals surface area contributed by atoms with Crippen molar-refractivity contribution in [3.05, 3.63) is 64.7 Å². The van der Waals surface area contributed by atoms with E-state index >= 15 is 0 Å². The lowest BCUT2D eigenvalue weighted by Gasteiger charge is -2.07. The van der Waals surface area contributed by atoms with Gasteiger partial charge >= 0.3 is 5.69 Å². The molecule has 0 unspecified atom stereocenters. The van der Waals surface area contributed by atoms with Crippen LogP contribution in [-0.4, -0.2) is 29.1 Å². The minimum Gasteiger partial charge on any atom is -0.250 e. The fourth-order valence-corrected chi connectivity index (χ4v) is 3.45. The van der Waals surface area contributed by atoms with E-state index in [0.29, 0.717) is 11.7 Å². The van der Waals surface area contributed by atoms with Crippen molar-refractivity contribution in [3.63, 3.8) is 0 Å². The second-order valence-corrected chi connectivity index (χ2v) is 7.00. The monoisotopic (exact) mass is 368 g/mol. The van der Waals surface area contributed by atoms with E-state index in [1.54, 1.807) is 24.4 Å². The Hall–Kier alpha value is -2.59. The number of benzene rings is 1. The molecule has 0 spiro atoms. The highest BCUT2D eigenvalue weighted by Gasteiger charge is 2.19. The maximum Gasteiger partial charge on any atom is 0.350 e. The number of nitrogens with zero attached hydrogens (tertiary/aromatic N) is 3. The van der Waals surface area contributed by atoms with Crippen LogP contribution in [0.5, 0.6) is 0 Å². The first kappa shape index (κ1) is 17.2. The Labute approximate surface area is 141 Å². The molecule has 0 saturated heterocycles. The lowest BCUT2D eigenvalue weighted by Crippen LogP contribution is -2.28. The topological polar surface area (TPSA) is 85.5 Å². The normalized spacial score (nSPS) is 11.9. The van der Waals surface area contributed by atoms with E-state index in [1.165, 1.54) is 9.08 Å². The molecule has 0 amide bonds. The van der Waals surface area contributed by atoms with Crippen molar-refractivity contribution in [1.82, 2.24) is 18.9 Å². The summed E-state index contributed by atoms with van der Waals surface area (Å²) in [5.41, 5.74) is 0.157. The zero-order valence-corrected chi connectivity index (χ0v) is 13.7. The van der Waals surface area contributed by atoms with Crippen LogP contribution in [0.2, 0.25) is 0 Å². The van der Waals surface area contributed by atoms with Crippen molar-refractivity contribution in [3.8, 4) is 0 Å². The van der Waals surface area contributed by atoms with Crippen LogP contribution in [0.4, 0.5) is 8.78 Å². The summed E-state index contributed by atoms with van der Waals surface area (Å²) in [4.78, 5) is 11.4. The molecule has 25 heavy (non-hydrogen) atoms. The molecule has 0 saturated carbocycles. The minimum absolute atomic E-state index is 0.0283. The molecule has 132 valence electrons. The van der Waals surface area contributed by atoms with E-state index < -0.39 is 26.6 Å². The zero-order valence-electron chi connectivity index (χ0n) is 12.9. The van der Waals surface area contributed by atoms with Gasteiger partial charge in [-0.3, -0.25) is 4.40 Å². The molecule has 2 aromatic heterocycles.